The summed E-state index contributed by atoms with van der Waals surface area (Å²) in [6.07, 6.45) is 4.28. The van der Waals surface area contributed by atoms with Gasteiger partial charge in [0.15, 0.2) is 0 Å². The lowest BCUT2D eigenvalue weighted by molar-refractivity contribution is -0.177. The van der Waals surface area contributed by atoms with Crippen LogP contribution in [0.5, 0.6) is 0 Å². The van der Waals surface area contributed by atoms with E-state index in [0.717, 1.165) is 32.2 Å². The SMILES string of the molecule is CC(C)(C)C1CCC(COC(=O)C2CCCN2)OC1C(C)(C)C. The fourth-order valence-electron chi connectivity index (χ4n) is 3.87. The van der Waals surface area contributed by atoms with Gasteiger partial charge in [0.05, 0.1) is 12.2 Å². The van der Waals surface area contributed by atoms with Crippen molar-refractivity contribution in [2.24, 2.45) is 16.7 Å². The van der Waals surface area contributed by atoms with E-state index in [-0.39, 0.29) is 35.0 Å². The van der Waals surface area contributed by atoms with E-state index >= 15 is 0 Å². The first kappa shape index (κ1) is 18.7. The summed E-state index contributed by atoms with van der Waals surface area (Å²) >= 11 is 0. The molecular formula is C19H35NO3. The highest BCUT2D eigenvalue weighted by Gasteiger charge is 2.44. The highest BCUT2D eigenvalue weighted by Crippen LogP contribution is 2.44. The van der Waals surface area contributed by atoms with Crippen molar-refractivity contribution >= 4 is 5.97 Å². The molecule has 4 unspecified atom stereocenters. The summed E-state index contributed by atoms with van der Waals surface area (Å²) in [6, 6.07) is -0.112. The van der Waals surface area contributed by atoms with Crippen molar-refractivity contribution in [3.63, 3.8) is 0 Å². The predicted molar refractivity (Wildman–Crippen MR) is 92.3 cm³/mol. The van der Waals surface area contributed by atoms with Gasteiger partial charge in [-0.2, -0.15) is 0 Å². The maximum atomic E-state index is 12.0. The average Bonchev–Trinajstić information content (AvgIpc) is 2.96. The largest absolute Gasteiger partial charge is 0.462 e. The molecule has 0 aromatic rings. The van der Waals surface area contributed by atoms with Gasteiger partial charge in [0.25, 0.3) is 0 Å². The van der Waals surface area contributed by atoms with E-state index in [0.29, 0.717) is 12.5 Å². The second-order valence-corrected chi connectivity index (χ2v) is 9.37. The summed E-state index contributed by atoms with van der Waals surface area (Å²) in [5.41, 5.74) is 0.320. The molecule has 0 spiro atoms. The fraction of sp³-hybridized carbons (Fsp3) is 0.947. The molecule has 23 heavy (non-hydrogen) atoms. The molecule has 2 heterocycles. The van der Waals surface area contributed by atoms with Crippen molar-refractivity contribution in [2.75, 3.05) is 13.2 Å². The molecular weight excluding hydrogens is 290 g/mol. The Labute approximate surface area is 141 Å². The van der Waals surface area contributed by atoms with E-state index in [9.17, 15) is 4.79 Å². The molecule has 0 amide bonds. The molecule has 2 aliphatic heterocycles. The zero-order chi connectivity index (χ0) is 17.3. The Bertz CT molecular complexity index is 402. The molecule has 0 aromatic heterocycles. The summed E-state index contributed by atoms with van der Waals surface area (Å²) in [7, 11) is 0. The topological polar surface area (TPSA) is 47.6 Å². The number of esters is 1. The molecule has 0 radical (unpaired) electrons. The summed E-state index contributed by atoms with van der Waals surface area (Å²) in [5, 5.41) is 3.19. The van der Waals surface area contributed by atoms with Gasteiger partial charge in [-0.05, 0) is 49.0 Å². The van der Waals surface area contributed by atoms with Crippen molar-refractivity contribution in [1.82, 2.24) is 5.32 Å². The summed E-state index contributed by atoms with van der Waals surface area (Å²) in [5.74, 6) is 0.419. The highest BCUT2D eigenvalue weighted by atomic mass is 16.6. The number of rotatable bonds is 3. The Balaban J connectivity index is 1.91. The van der Waals surface area contributed by atoms with Gasteiger partial charge in [-0.25, -0.2) is 0 Å². The number of carbonyl (C=O) groups is 1. The molecule has 4 nitrogen and oxygen atoms in total. The van der Waals surface area contributed by atoms with Crippen LogP contribution >= 0.6 is 0 Å². The van der Waals surface area contributed by atoms with E-state index < -0.39 is 0 Å². The molecule has 2 fully saturated rings. The van der Waals surface area contributed by atoms with Crippen molar-refractivity contribution in [3.8, 4) is 0 Å². The number of carbonyl (C=O) groups excluding carboxylic acids is 1. The van der Waals surface area contributed by atoms with Crippen LogP contribution in [0.3, 0.4) is 0 Å². The summed E-state index contributed by atoms with van der Waals surface area (Å²) in [4.78, 5) is 12.0. The minimum absolute atomic E-state index is 0.0307. The Kier molecular flexibility index (Phi) is 5.78. The number of hydrogen-bond acceptors (Lipinski definition) is 4. The first-order chi connectivity index (χ1) is 10.6. The maximum Gasteiger partial charge on any atom is 0.323 e. The Morgan fingerprint density at radius 3 is 2.30 bits per heavy atom. The first-order valence-corrected chi connectivity index (χ1v) is 9.14. The van der Waals surface area contributed by atoms with Crippen LogP contribution in [0.2, 0.25) is 0 Å². The van der Waals surface area contributed by atoms with Crippen LogP contribution in [0.1, 0.15) is 67.2 Å². The second kappa shape index (κ2) is 7.10. The number of nitrogens with one attached hydrogen (secondary N) is 1. The van der Waals surface area contributed by atoms with Crippen LogP contribution in [0.25, 0.3) is 0 Å². The quantitative estimate of drug-likeness (QED) is 0.806. The maximum absolute atomic E-state index is 12.0. The second-order valence-electron chi connectivity index (χ2n) is 9.37. The lowest BCUT2D eigenvalue weighted by atomic mass is 9.66. The van der Waals surface area contributed by atoms with Gasteiger partial charge < -0.3 is 14.8 Å². The zero-order valence-corrected chi connectivity index (χ0v) is 15.8. The van der Waals surface area contributed by atoms with Crippen molar-refractivity contribution in [2.45, 2.75) is 85.5 Å². The van der Waals surface area contributed by atoms with E-state index in [1.807, 2.05) is 0 Å². The molecule has 2 saturated heterocycles. The average molecular weight is 325 g/mol. The van der Waals surface area contributed by atoms with Crippen molar-refractivity contribution in [3.05, 3.63) is 0 Å². The molecule has 0 aliphatic carbocycles. The van der Waals surface area contributed by atoms with Crippen LogP contribution in [-0.4, -0.2) is 37.4 Å². The minimum Gasteiger partial charge on any atom is -0.462 e. The van der Waals surface area contributed by atoms with E-state index in [4.69, 9.17) is 9.47 Å². The minimum atomic E-state index is -0.114. The number of ether oxygens (including phenoxy) is 2. The molecule has 1 N–H and O–H groups in total. The molecule has 134 valence electrons. The van der Waals surface area contributed by atoms with Gasteiger partial charge in [0.1, 0.15) is 12.6 Å². The lowest BCUT2D eigenvalue weighted by Gasteiger charge is -2.48. The first-order valence-electron chi connectivity index (χ1n) is 9.14. The van der Waals surface area contributed by atoms with Crippen LogP contribution in [0, 0.1) is 16.7 Å². The standard InChI is InChI=1S/C19H35NO3/c1-18(2,3)14-10-9-13(23-16(14)19(4,5)6)12-22-17(21)15-8-7-11-20-15/h13-16,20H,7-12H2,1-6H3. The molecule has 4 heteroatoms. The van der Waals surface area contributed by atoms with Gasteiger partial charge in [-0.3, -0.25) is 4.79 Å². The molecule has 0 saturated carbocycles. The fourth-order valence-corrected chi connectivity index (χ4v) is 3.87. The lowest BCUT2D eigenvalue weighted by Crippen LogP contribution is -2.49. The van der Waals surface area contributed by atoms with Crippen LogP contribution < -0.4 is 5.32 Å². The molecule has 0 bridgehead atoms. The molecule has 4 atom stereocenters. The summed E-state index contributed by atoms with van der Waals surface area (Å²) in [6.45, 7) is 14.9. The monoisotopic (exact) mass is 325 g/mol. The summed E-state index contributed by atoms with van der Waals surface area (Å²) < 4.78 is 11.9. The third-order valence-electron chi connectivity index (χ3n) is 5.23. The van der Waals surface area contributed by atoms with E-state index in [1.165, 1.54) is 0 Å². The highest BCUT2D eigenvalue weighted by molar-refractivity contribution is 5.76. The van der Waals surface area contributed by atoms with E-state index in [1.54, 1.807) is 0 Å². The van der Waals surface area contributed by atoms with Crippen LogP contribution in [0.4, 0.5) is 0 Å². The van der Waals surface area contributed by atoms with Gasteiger partial charge in [-0.1, -0.05) is 41.5 Å². The van der Waals surface area contributed by atoms with Crippen molar-refractivity contribution < 1.29 is 14.3 Å². The molecule has 0 aromatic carbocycles. The van der Waals surface area contributed by atoms with Gasteiger partial charge in [0, 0.05) is 0 Å². The van der Waals surface area contributed by atoms with Gasteiger partial charge in [-0.15, -0.1) is 0 Å². The van der Waals surface area contributed by atoms with Gasteiger partial charge >= 0.3 is 5.97 Å². The third kappa shape index (κ3) is 4.93. The Hall–Kier alpha value is -0.610. The van der Waals surface area contributed by atoms with E-state index in [2.05, 4.69) is 46.9 Å². The normalized spacial score (nSPS) is 32.8. The predicted octanol–water partition coefficient (Wildman–Crippen LogP) is 3.54. The zero-order valence-electron chi connectivity index (χ0n) is 15.8. The third-order valence-corrected chi connectivity index (χ3v) is 5.23. The Morgan fingerprint density at radius 2 is 1.78 bits per heavy atom. The van der Waals surface area contributed by atoms with Gasteiger partial charge in [0.2, 0.25) is 0 Å². The van der Waals surface area contributed by atoms with Crippen LogP contribution in [-0.2, 0) is 14.3 Å². The Morgan fingerprint density at radius 1 is 1.09 bits per heavy atom. The van der Waals surface area contributed by atoms with Crippen LogP contribution in [0.15, 0.2) is 0 Å². The number of hydrogen-bond donors (Lipinski definition) is 1. The molecule has 2 rings (SSSR count). The molecule has 2 aliphatic rings. The van der Waals surface area contributed by atoms with Crippen molar-refractivity contribution in [1.29, 1.82) is 0 Å². The smallest absolute Gasteiger partial charge is 0.323 e.